The Balaban J connectivity index is 0.00000242. The summed E-state index contributed by atoms with van der Waals surface area (Å²) in [7, 11) is 0. The van der Waals surface area contributed by atoms with Crippen LogP contribution < -0.4 is 11.1 Å². The van der Waals surface area contributed by atoms with Crippen LogP contribution in [0.1, 0.15) is 17.9 Å². The maximum atomic E-state index is 10.9. The third-order valence-electron chi connectivity index (χ3n) is 3.22. The van der Waals surface area contributed by atoms with E-state index in [1.807, 2.05) is 42.5 Å². The Bertz CT molecular complexity index is 621. The van der Waals surface area contributed by atoms with Crippen molar-refractivity contribution in [1.82, 2.24) is 0 Å². The van der Waals surface area contributed by atoms with E-state index in [-0.39, 0.29) is 31.3 Å². The molecule has 0 spiro atoms. The maximum Gasteiger partial charge on any atom is 0.304 e. The quantitative estimate of drug-likeness (QED) is 0.742. The van der Waals surface area contributed by atoms with Crippen molar-refractivity contribution < 1.29 is 9.90 Å². The first kappa shape index (κ1) is 18.3. The molecule has 0 heterocycles. The smallest absolute Gasteiger partial charge is 0.304 e. The molecule has 22 heavy (non-hydrogen) atoms. The summed E-state index contributed by atoms with van der Waals surface area (Å²) in [4.78, 5) is 10.9. The van der Waals surface area contributed by atoms with E-state index >= 15 is 0 Å². The average Bonchev–Trinajstić information content (AvgIpc) is 2.48. The van der Waals surface area contributed by atoms with Crippen LogP contribution in [0.5, 0.6) is 0 Å². The zero-order valence-corrected chi connectivity index (χ0v) is 13.4. The summed E-state index contributed by atoms with van der Waals surface area (Å²) >= 11 is 6.19. The highest BCUT2D eigenvalue weighted by molar-refractivity contribution is 6.33. The monoisotopic (exact) mass is 340 g/mol. The van der Waals surface area contributed by atoms with Crippen LogP contribution in [0, 0.1) is 0 Å². The van der Waals surface area contributed by atoms with Crippen LogP contribution in [0.4, 0.5) is 11.4 Å². The van der Waals surface area contributed by atoms with E-state index in [0.29, 0.717) is 5.02 Å². The van der Waals surface area contributed by atoms with Gasteiger partial charge in [0.1, 0.15) is 0 Å². The Hall–Kier alpha value is -1.75. The molecule has 0 saturated heterocycles. The predicted molar refractivity (Wildman–Crippen MR) is 92.5 cm³/mol. The fraction of sp³-hybridized carbons (Fsp3) is 0.188. The minimum atomic E-state index is -0.863. The van der Waals surface area contributed by atoms with E-state index in [1.165, 1.54) is 0 Å². The lowest BCUT2D eigenvalue weighted by atomic mass is 9.95. The number of nitrogens with two attached hydrogens (primary N) is 1. The van der Waals surface area contributed by atoms with Gasteiger partial charge in [-0.2, -0.15) is 0 Å². The van der Waals surface area contributed by atoms with E-state index in [4.69, 9.17) is 22.4 Å². The number of nitrogens with one attached hydrogen (secondary N) is 1. The van der Waals surface area contributed by atoms with Crippen LogP contribution in [-0.2, 0) is 4.79 Å². The number of hydrogen-bond acceptors (Lipinski definition) is 3. The van der Waals surface area contributed by atoms with E-state index in [0.717, 1.165) is 16.9 Å². The van der Waals surface area contributed by atoms with Crippen molar-refractivity contribution in [1.29, 1.82) is 0 Å². The van der Waals surface area contributed by atoms with Crippen LogP contribution in [-0.4, -0.2) is 17.6 Å². The average molecular weight is 341 g/mol. The van der Waals surface area contributed by atoms with Gasteiger partial charge < -0.3 is 16.2 Å². The highest BCUT2D eigenvalue weighted by Crippen LogP contribution is 2.30. The van der Waals surface area contributed by atoms with Gasteiger partial charge in [0.15, 0.2) is 0 Å². The molecule has 2 aromatic carbocycles. The molecule has 2 rings (SSSR count). The SMILES string of the molecule is Cl.NCC(CC(=O)O)c1ccc(Cl)c(Nc2ccccc2)c1. The zero-order chi connectivity index (χ0) is 15.2. The summed E-state index contributed by atoms with van der Waals surface area (Å²) in [6.07, 6.45) is 0.00289. The Labute approximate surface area is 140 Å². The second-order valence-corrected chi connectivity index (χ2v) is 5.17. The minimum Gasteiger partial charge on any atom is -0.481 e. The molecule has 4 nitrogen and oxygen atoms in total. The van der Waals surface area contributed by atoms with Crippen molar-refractivity contribution in [3.63, 3.8) is 0 Å². The standard InChI is InChI=1S/C16H17ClN2O2.ClH/c17-14-7-6-11(12(10-18)9-16(20)21)8-15(14)19-13-4-2-1-3-5-13;/h1-8,12,19H,9-10,18H2,(H,20,21);1H. The fourth-order valence-electron chi connectivity index (χ4n) is 2.12. The second kappa shape index (κ2) is 8.63. The van der Waals surface area contributed by atoms with Crippen LogP contribution >= 0.6 is 24.0 Å². The summed E-state index contributed by atoms with van der Waals surface area (Å²) < 4.78 is 0. The molecular weight excluding hydrogens is 323 g/mol. The molecule has 6 heteroatoms. The summed E-state index contributed by atoms with van der Waals surface area (Å²) in [6.45, 7) is 0.276. The van der Waals surface area contributed by atoms with Gasteiger partial charge in [-0.1, -0.05) is 35.9 Å². The largest absolute Gasteiger partial charge is 0.481 e. The molecule has 4 N–H and O–H groups in total. The Kier molecular flexibility index (Phi) is 7.18. The van der Waals surface area contributed by atoms with Crippen molar-refractivity contribution in [2.45, 2.75) is 12.3 Å². The molecule has 2 aromatic rings. The number of halogens is 2. The van der Waals surface area contributed by atoms with Gasteiger partial charge in [-0.05, 0) is 36.4 Å². The zero-order valence-electron chi connectivity index (χ0n) is 11.8. The molecule has 0 fully saturated rings. The summed E-state index contributed by atoms with van der Waals surface area (Å²) in [5.74, 6) is -1.09. The van der Waals surface area contributed by atoms with Gasteiger partial charge in [0.05, 0.1) is 17.1 Å². The Morgan fingerprint density at radius 1 is 1.23 bits per heavy atom. The van der Waals surface area contributed by atoms with Gasteiger partial charge in [0, 0.05) is 11.6 Å². The van der Waals surface area contributed by atoms with E-state index < -0.39 is 5.97 Å². The first-order chi connectivity index (χ1) is 10.1. The van der Waals surface area contributed by atoms with Crippen LogP contribution in [0.15, 0.2) is 48.5 Å². The molecule has 0 aliphatic heterocycles. The number of hydrogen-bond donors (Lipinski definition) is 3. The molecular formula is C16H18Cl2N2O2. The minimum absolute atomic E-state index is 0. The molecule has 1 atom stereocenters. The van der Waals surface area contributed by atoms with E-state index in [9.17, 15) is 4.79 Å². The van der Waals surface area contributed by atoms with Gasteiger partial charge in [0.2, 0.25) is 0 Å². The predicted octanol–water partition coefficient (Wildman–Crippen LogP) is 4.02. The van der Waals surface area contributed by atoms with Crippen LogP contribution in [0.3, 0.4) is 0 Å². The van der Waals surface area contributed by atoms with Crippen molar-refractivity contribution in [2.75, 3.05) is 11.9 Å². The van der Waals surface area contributed by atoms with Crippen molar-refractivity contribution >= 4 is 41.4 Å². The first-order valence-corrected chi connectivity index (χ1v) is 7.01. The molecule has 118 valence electrons. The summed E-state index contributed by atoms with van der Waals surface area (Å²) in [5, 5.41) is 12.7. The normalized spacial score (nSPS) is 11.4. The van der Waals surface area contributed by atoms with Crippen molar-refractivity contribution in [3.8, 4) is 0 Å². The number of carboxylic acids is 1. The van der Waals surface area contributed by atoms with Crippen molar-refractivity contribution in [2.24, 2.45) is 5.73 Å². The molecule has 0 amide bonds. The number of rotatable bonds is 6. The molecule has 0 bridgehead atoms. The molecule has 0 saturated carbocycles. The molecule has 0 radical (unpaired) electrons. The number of carboxylic acid groups (broad SMARTS) is 1. The number of benzene rings is 2. The third kappa shape index (κ3) is 4.91. The molecule has 0 aliphatic carbocycles. The van der Waals surface area contributed by atoms with Crippen LogP contribution in [0.25, 0.3) is 0 Å². The van der Waals surface area contributed by atoms with E-state index in [2.05, 4.69) is 5.32 Å². The third-order valence-corrected chi connectivity index (χ3v) is 3.55. The maximum absolute atomic E-state index is 10.9. The van der Waals surface area contributed by atoms with Crippen LogP contribution in [0.2, 0.25) is 5.02 Å². The van der Waals surface area contributed by atoms with Gasteiger partial charge in [-0.25, -0.2) is 0 Å². The van der Waals surface area contributed by atoms with E-state index in [1.54, 1.807) is 6.07 Å². The van der Waals surface area contributed by atoms with Crippen molar-refractivity contribution in [3.05, 3.63) is 59.1 Å². The second-order valence-electron chi connectivity index (χ2n) is 4.76. The lowest BCUT2D eigenvalue weighted by molar-refractivity contribution is -0.137. The number of aliphatic carboxylic acids is 1. The highest BCUT2D eigenvalue weighted by Gasteiger charge is 2.15. The number of anilines is 2. The Morgan fingerprint density at radius 2 is 1.91 bits per heavy atom. The summed E-state index contributed by atoms with van der Waals surface area (Å²) in [5.41, 5.74) is 8.20. The highest BCUT2D eigenvalue weighted by atomic mass is 35.5. The van der Waals surface area contributed by atoms with Gasteiger partial charge in [-0.15, -0.1) is 12.4 Å². The number of carbonyl (C=O) groups is 1. The Morgan fingerprint density at radius 3 is 2.50 bits per heavy atom. The topological polar surface area (TPSA) is 75.4 Å². The van der Waals surface area contributed by atoms with Gasteiger partial charge >= 0.3 is 5.97 Å². The number of para-hydroxylation sites is 1. The van der Waals surface area contributed by atoms with Gasteiger partial charge in [0.25, 0.3) is 0 Å². The lowest BCUT2D eigenvalue weighted by Crippen LogP contribution is -2.16. The van der Waals surface area contributed by atoms with Gasteiger partial charge in [-0.3, -0.25) is 4.79 Å². The fourth-order valence-corrected chi connectivity index (χ4v) is 2.28. The molecule has 0 aliphatic rings. The summed E-state index contributed by atoms with van der Waals surface area (Å²) in [6, 6.07) is 15.1. The molecule has 0 aromatic heterocycles. The first-order valence-electron chi connectivity index (χ1n) is 6.63. The molecule has 1 unspecified atom stereocenters. The lowest BCUT2D eigenvalue weighted by Gasteiger charge is -2.16.